The molecule has 1 aromatic carbocycles. The summed E-state index contributed by atoms with van der Waals surface area (Å²) in [4.78, 5) is 21.7. The molecule has 0 fully saturated rings. The molecule has 0 heterocycles. The molecule has 0 aliphatic rings. The van der Waals surface area contributed by atoms with E-state index >= 15 is 0 Å². The number of aryl methyl sites for hydroxylation is 1. The lowest BCUT2D eigenvalue weighted by atomic mass is 10.1. The molecule has 0 saturated heterocycles. The zero-order valence-electron chi connectivity index (χ0n) is 9.53. The Hall–Kier alpha value is -1.43. The van der Waals surface area contributed by atoms with Gasteiger partial charge in [-0.05, 0) is 25.5 Å². The minimum absolute atomic E-state index is 0.0567. The number of hydrogen-bond donors (Lipinski definition) is 0. The van der Waals surface area contributed by atoms with Crippen molar-refractivity contribution in [3.63, 3.8) is 0 Å². The van der Waals surface area contributed by atoms with Gasteiger partial charge < -0.3 is 4.74 Å². The van der Waals surface area contributed by atoms with E-state index in [2.05, 4.69) is 15.9 Å². The molecule has 0 aliphatic carbocycles. The normalized spacial score (nSPS) is 10.1. The summed E-state index contributed by atoms with van der Waals surface area (Å²) in [6, 6.07) is 3.03. The molecule has 92 valence electrons. The molecule has 0 spiro atoms. The third kappa shape index (κ3) is 3.52. The summed E-state index contributed by atoms with van der Waals surface area (Å²) in [6.07, 6.45) is -0.0942. The molecular weight excluding hydrogens is 290 g/mol. The maximum atomic E-state index is 11.3. The highest BCUT2D eigenvalue weighted by Gasteiger charge is 2.18. The molecule has 0 aliphatic heterocycles. The first-order chi connectivity index (χ1) is 7.95. The molecular formula is C11H12BrNO4. The Morgan fingerprint density at radius 2 is 2.18 bits per heavy atom. The molecule has 0 amide bonds. The zero-order chi connectivity index (χ0) is 13.0. The van der Waals surface area contributed by atoms with Crippen LogP contribution in [0.15, 0.2) is 16.6 Å². The third-order valence-corrected chi connectivity index (χ3v) is 3.05. The minimum Gasteiger partial charge on any atom is -0.466 e. The van der Waals surface area contributed by atoms with Crippen molar-refractivity contribution < 1.29 is 14.5 Å². The molecule has 0 N–H and O–H groups in total. The van der Waals surface area contributed by atoms with Crippen LogP contribution in [0.1, 0.15) is 18.1 Å². The van der Waals surface area contributed by atoms with E-state index in [1.165, 1.54) is 6.07 Å². The molecule has 0 aromatic heterocycles. The number of carbonyl (C=O) groups excluding carboxylic acids is 1. The topological polar surface area (TPSA) is 69.4 Å². The largest absolute Gasteiger partial charge is 0.466 e. The summed E-state index contributed by atoms with van der Waals surface area (Å²) >= 11 is 3.28. The Kier molecular flexibility index (Phi) is 4.62. The van der Waals surface area contributed by atoms with E-state index in [4.69, 9.17) is 4.74 Å². The van der Waals surface area contributed by atoms with Crippen LogP contribution in [0.2, 0.25) is 0 Å². The lowest BCUT2D eigenvalue weighted by Crippen LogP contribution is -2.09. The zero-order valence-corrected chi connectivity index (χ0v) is 11.1. The summed E-state index contributed by atoms with van der Waals surface area (Å²) in [5, 5.41) is 10.9. The van der Waals surface area contributed by atoms with E-state index in [9.17, 15) is 14.9 Å². The van der Waals surface area contributed by atoms with Crippen molar-refractivity contribution in [2.45, 2.75) is 20.3 Å². The van der Waals surface area contributed by atoms with E-state index in [1.807, 2.05) is 0 Å². The average Bonchev–Trinajstić information content (AvgIpc) is 2.23. The van der Waals surface area contributed by atoms with Gasteiger partial charge in [0.1, 0.15) is 0 Å². The predicted octanol–water partition coefficient (Wildman–Crippen LogP) is 2.77. The van der Waals surface area contributed by atoms with Crippen molar-refractivity contribution in [2.24, 2.45) is 0 Å². The number of nitrogens with zero attached hydrogens (tertiary/aromatic N) is 1. The summed E-state index contributed by atoms with van der Waals surface area (Å²) in [5.74, 6) is -0.466. The minimum atomic E-state index is -0.492. The summed E-state index contributed by atoms with van der Waals surface area (Å²) in [7, 11) is 0. The van der Waals surface area contributed by atoms with Gasteiger partial charge in [-0.2, -0.15) is 0 Å². The Balaban J connectivity index is 3.08. The van der Waals surface area contributed by atoms with Crippen molar-refractivity contribution in [1.29, 1.82) is 0 Å². The number of ether oxygens (including phenoxy) is 1. The number of rotatable bonds is 4. The number of hydrogen-bond acceptors (Lipinski definition) is 4. The van der Waals surface area contributed by atoms with Gasteiger partial charge >= 0.3 is 5.97 Å². The van der Waals surface area contributed by atoms with Gasteiger partial charge in [-0.25, -0.2) is 0 Å². The fourth-order valence-corrected chi connectivity index (χ4v) is 1.78. The summed E-state index contributed by atoms with van der Waals surface area (Å²) in [5.41, 5.74) is 1.05. The van der Waals surface area contributed by atoms with Gasteiger partial charge in [0, 0.05) is 16.1 Å². The maximum absolute atomic E-state index is 11.3. The number of esters is 1. The second-order valence-electron chi connectivity index (χ2n) is 3.47. The van der Waals surface area contributed by atoms with Gasteiger partial charge in [-0.1, -0.05) is 15.9 Å². The van der Waals surface area contributed by atoms with Crippen molar-refractivity contribution >= 4 is 27.6 Å². The smallest absolute Gasteiger partial charge is 0.310 e. The molecule has 0 saturated carbocycles. The van der Waals surface area contributed by atoms with Crippen LogP contribution in [0, 0.1) is 17.0 Å². The first kappa shape index (κ1) is 13.6. The van der Waals surface area contributed by atoms with Crippen LogP contribution in [0.5, 0.6) is 0 Å². The van der Waals surface area contributed by atoms with Crippen molar-refractivity contribution in [1.82, 2.24) is 0 Å². The van der Waals surface area contributed by atoms with Crippen LogP contribution in [0.4, 0.5) is 5.69 Å². The molecule has 6 heteroatoms. The van der Waals surface area contributed by atoms with E-state index < -0.39 is 10.9 Å². The number of nitro benzene ring substituents is 1. The molecule has 0 atom stereocenters. The monoisotopic (exact) mass is 301 g/mol. The van der Waals surface area contributed by atoms with Crippen LogP contribution in [0.25, 0.3) is 0 Å². The van der Waals surface area contributed by atoms with Crippen LogP contribution in [-0.2, 0) is 16.0 Å². The van der Waals surface area contributed by atoms with E-state index in [0.29, 0.717) is 5.56 Å². The van der Waals surface area contributed by atoms with Gasteiger partial charge in [0.2, 0.25) is 0 Å². The Morgan fingerprint density at radius 1 is 1.53 bits per heavy atom. The van der Waals surface area contributed by atoms with E-state index in [1.54, 1.807) is 19.9 Å². The van der Waals surface area contributed by atoms with Crippen molar-refractivity contribution in [3.8, 4) is 0 Å². The fourth-order valence-electron chi connectivity index (χ4n) is 1.39. The Bertz CT molecular complexity index is 459. The molecule has 1 aromatic rings. The molecule has 17 heavy (non-hydrogen) atoms. The fraction of sp³-hybridized carbons (Fsp3) is 0.364. The van der Waals surface area contributed by atoms with Crippen LogP contribution < -0.4 is 0 Å². The lowest BCUT2D eigenvalue weighted by Gasteiger charge is -2.06. The third-order valence-electron chi connectivity index (χ3n) is 2.20. The molecule has 0 bridgehead atoms. The summed E-state index contributed by atoms with van der Waals surface area (Å²) in [6.45, 7) is 3.71. The first-order valence-corrected chi connectivity index (χ1v) is 5.84. The van der Waals surface area contributed by atoms with Gasteiger partial charge in [-0.3, -0.25) is 14.9 Å². The van der Waals surface area contributed by atoms with E-state index in [0.717, 1.165) is 10.0 Å². The van der Waals surface area contributed by atoms with Crippen molar-refractivity contribution in [3.05, 3.63) is 37.8 Å². The second-order valence-corrected chi connectivity index (χ2v) is 4.32. The van der Waals surface area contributed by atoms with Gasteiger partial charge in [0.05, 0.1) is 18.0 Å². The first-order valence-electron chi connectivity index (χ1n) is 5.04. The number of benzene rings is 1. The highest BCUT2D eigenvalue weighted by molar-refractivity contribution is 9.10. The lowest BCUT2D eigenvalue weighted by molar-refractivity contribution is -0.385. The van der Waals surface area contributed by atoms with E-state index in [-0.39, 0.29) is 18.7 Å². The standard InChI is InChI=1S/C11H12BrNO4/c1-3-17-11(14)6-8-5-9(12)7(2)4-10(8)13(15)16/h4-5H,3,6H2,1-2H3. The SMILES string of the molecule is CCOC(=O)Cc1cc(Br)c(C)cc1[N+](=O)[O-]. The van der Waals surface area contributed by atoms with Crippen LogP contribution in [0.3, 0.4) is 0 Å². The van der Waals surface area contributed by atoms with Crippen molar-refractivity contribution in [2.75, 3.05) is 6.61 Å². The number of nitro groups is 1. The molecule has 0 radical (unpaired) electrons. The van der Waals surface area contributed by atoms with Gasteiger partial charge in [0.15, 0.2) is 0 Å². The van der Waals surface area contributed by atoms with Gasteiger partial charge in [0.25, 0.3) is 5.69 Å². The summed E-state index contributed by atoms with van der Waals surface area (Å²) < 4.78 is 5.51. The Labute approximate surface area is 107 Å². The molecule has 0 unspecified atom stereocenters. The second kappa shape index (κ2) is 5.77. The number of carbonyl (C=O) groups is 1. The van der Waals surface area contributed by atoms with Crippen LogP contribution >= 0.6 is 15.9 Å². The average molecular weight is 302 g/mol. The predicted molar refractivity (Wildman–Crippen MR) is 65.9 cm³/mol. The van der Waals surface area contributed by atoms with Crippen LogP contribution in [-0.4, -0.2) is 17.5 Å². The number of halogens is 1. The quantitative estimate of drug-likeness (QED) is 0.487. The maximum Gasteiger partial charge on any atom is 0.310 e. The highest BCUT2D eigenvalue weighted by Crippen LogP contribution is 2.27. The van der Waals surface area contributed by atoms with Gasteiger partial charge in [-0.15, -0.1) is 0 Å². The molecule has 1 rings (SSSR count). The molecule has 5 nitrogen and oxygen atoms in total. The highest BCUT2D eigenvalue weighted by atomic mass is 79.9. The Morgan fingerprint density at radius 3 is 2.71 bits per heavy atom.